The van der Waals surface area contributed by atoms with Gasteiger partial charge in [0.15, 0.2) is 11.6 Å². The molecule has 0 bridgehead atoms. The summed E-state index contributed by atoms with van der Waals surface area (Å²) in [5.41, 5.74) is 2.54. The van der Waals surface area contributed by atoms with E-state index in [2.05, 4.69) is 30.2 Å². The van der Waals surface area contributed by atoms with Crippen molar-refractivity contribution in [1.29, 1.82) is 0 Å². The number of benzene rings is 2. The van der Waals surface area contributed by atoms with E-state index in [1.807, 2.05) is 34.7 Å². The van der Waals surface area contributed by atoms with E-state index in [0.717, 1.165) is 11.0 Å². The van der Waals surface area contributed by atoms with E-state index in [9.17, 15) is 5.11 Å². The van der Waals surface area contributed by atoms with E-state index in [0.29, 0.717) is 59.4 Å². The number of β-amino-alcohol motifs (C(OH)–C–C–N with tert-alkyl or cyclic N) is 1. The zero-order valence-electron chi connectivity index (χ0n) is 20.6. The number of aryl methyl sites for hydroxylation is 1. The van der Waals surface area contributed by atoms with Crippen molar-refractivity contribution < 1.29 is 14.2 Å². The molecule has 3 aromatic heterocycles. The fourth-order valence-electron chi connectivity index (χ4n) is 4.51. The topological polar surface area (TPSA) is 114 Å². The minimum absolute atomic E-state index is 0.231. The highest BCUT2D eigenvalue weighted by Gasteiger charge is 2.32. The molecule has 1 fully saturated rings. The summed E-state index contributed by atoms with van der Waals surface area (Å²) in [5, 5.41) is 13.4. The molecule has 37 heavy (non-hydrogen) atoms. The van der Waals surface area contributed by atoms with Gasteiger partial charge < -0.3 is 24.6 Å². The van der Waals surface area contributed by atoms with Crippen molar-refractivity contribution in [2.45, 2.75) is 25.9 Å². The molecule has 0 amide bonds. The fourth-order valence-corrected chi connectivity index (χ4v) is 4.51. The van der Waals surface area contributed by atoms with Crippen LogP contribution in [0, 0.1) is 12.7 Å². The Bertz CT molecular complexity index is 1650. The zero-order valence-corrected chi connectivity index (χ0v) is 20.6. The minimum atomic E-state index is -0.791. The van der Waals surface area contributed by atoms with Crippen LogP contribution in [0.1, 0.15) is 18.9 Å². The highest BCUT2D eigenvalue weighted by atomic mass is 19.1. The number of imidazole rings is 1. The van der Waals surface area contributed by atoms with Gasteiger partial charge in [-0.25, -0.2) is 29.3 Å². The molecule has 5 aromatic rings. The lowest BCUT2D eigenvalue weighted by molar-refractivity contribution is 0.0838. The highest BCUT2D eigenvalue weighted by molar-refractivity contribution is 5.87. The molecular formula is C26H25FN8O2. The molecule has 188 valence electrons. The van der Waals surface area contributed by atoms with Crippen LogP contribution in [-0.4, -0.2) is 53.3 Å². The average molecular weight is 501 g/mol. The largest absolute Gasteiger partial charge is 0.457 e. The number of hydrogen-bond acceptors (Lipinski definition) is 9. The molecular weight excluding hydrogens is 475 g/mol. The van der Waals surface area contributed by atoms with Gasteiger partial charge in [0.2, 0.25) is 5.95 Å². The van der Waals surface area contributed by atoms with Crippen molar-refractivity contribution in [3.63, 3.8) is 0 Å². The predicted octanol–water partition coefficient (Wildman–Crippen LogP) is 4.25. The van der Waals surface area contributed by atoms with Gasteiger partial charge in [-0.3, -0.25) is 0 Å². The summed E-state index contributed by atoms with van der Waals surface area (Å²) in [6.07, 6.45) is 5.34. The SMILES string of the molecule is Cc1c(Oc2ccc3c(c2)ncn3C)ccc(Nc2ncnc3cnc(N4CCC(C)(O)C4)nc23)c1F. The highest BCUT2D eigenvalue weighted by Crippen LogP contribution is 2.34. The lowest BCUT2D eigenvalue weighted by Crippen LogP contribution is -2.30. The third-order valence-electron chi connectivity index (χ3n) is 6.61. The molecule has 1 aliphatic rings. The number of hydrogen-bond donors (Lipinski definition) is 2. The van der Waals surface area contributed by atoms with E-state index in [1.54, 1.807) is 38.5 Å². The second-order valence-corrected chi connectivity index (χ2v) is 9.58. The van der Waals surface area contributed by atoms with Crippen molar-refractivity contribution in [2.75, 3.05) is 23.3 Å². The van der Waals surface area contributed by atoms with Crippen LogP contribution in [0.2, 0.25) is 0 Å². The number of aromatic nitrogens is 6. The van der Waals surface area contributed by atoms with E-state index >= 15 is 4.39 Å². The zero-order chi connectivity index (χ0) is 25.7. The van der Waals surface area contributed by atoms with Crippen LogP contribution in [0.3, 0.4) is 0 Å². The van der Waals surface area contributed by atoms with E-state index in [4.69, 9.17) is 4.74 Å². The second-order valence-electron chi connectivity index (χ2n) is 9.58. The van der Waals surface area contributed by atoms with Gasteiger partial charge in [0, 0.05) is 31.8 Å². The first-order chi connectivity index (χ1) is 17.8. The van der Waals surface area contributed by atoms with Gasteiger partial charge >= 0.3 is 0 Å². The molecule has 0 spiro atoms. The van der Waals surface area contributed by atoms with Crippen molar-refractivity contribution in [1.82, 2.24) is 29.5 Å². The average Bonchev–Trinajstić information content (AvgIpc) is 3.45. The van der Waals surface area contributed by atoms with Crippen LogP contribution in [0.25, 0.3) is 22.1 Å². The van der Waals surface area contributed by atoms with Gasteiger partial charge in [-0.05, 0) is 44.5 Å². The number of aliphatic hydroxyl groups is 1. The first-order valence-electron chi connectivity index (χ1n) is 11.9. The van der Waals surface area contributed by atoms with E-state index < -0.39 is 11.4 Å². The Labute approximate surface area is 211 Å². The van der Waals surface area contributed by atoms with E-state index in [1.165, 1.54) is 6.33 Å². The molecule has 1 saturated heterocycles. The Kier molecular flexibility index (Phi) is 5.37. The monoisotopic (exact) mass is 500 g/mol. The van der Waals surface area contributed by atoms with Gasteiger partial charge in [-0.2, -0.15) is 0 Å². The normalized spacial score (nSPS) is 17.6. The lowest BCUT2D eigenvalue weighted by Gasteiger charge is -2.19. The molecule has 11 heteroatoms. The maximum Gasteiger partial charge on any atom is 0.226 e. The minimum Gasteiger partial charge on any atom is -0.457 e. The maximum atomic E-state index is 15.4. The Morgan fingerprint density at radius 2 is 1.97 bits per heavy atom. The Hall–Kier alpha value is -4.38. The quantitative estimate of drug-likeness (QED) is 0.365. The molecule has 0 radical (unpaired) electrons. The Balaban J connectivity index is 1.28. The third-order valence-corrected chi connectivity index (χ3v) is 6.61. The van der Waals surface area contributed by atoms with Crippen molar-refractivity contribution >= 4 is 39.5 Å². The molecule has 2 aromatic carbocycles. The predicted molar refractivity (Wildman–Crippen MR) is 138 cm³/mol. The number of rotatable bonds is 5. The van der Waals surface area contributed by atoms with Crippen molar-refractivity contribution in [3.05, 3.63) is 60.6 Å². The number of ether oxygens (including phenoxy) is 1. The van der Waals surface area contributed by atoms with Crippen LogP contribution in [0.4, 0.5) is 21.8 Å². The van der Waals surface area contributed by atoms with Crippen molar-refractivity contribution in [2.24, 2.45) is 7.05 Å². The molecule has 10 nitrogen and oxygen atoms in total. The summed E-state index contributed by atoms with van der Waals surface area (Å²) in [5.74, 6) is 1.33. The smallest absolute Gasteiger partial charge is 0.226 e. The molecule has 1 atom stereocenters. The van der Waals surface area contributed by atoms with Crippen LogP contribution in [-0.2, 0) is 7.05 Å². The van der Waals surface area contributed by atoms with Gasteiger partial charge in [-0.15, -0.1) is 0 Å². The van der Waals surface area contributed by atoms with Crippen LogP contribution in [0.15, 0.2) is 49.2 Å². The summed E-state index contributed by atoms with van der Waals surface area (Å²) >= 11 is 0. The summed E-state index contributed by atoms with van der Waals surface area (Å²) in [6.45, 7) is 4.52. The maximum absolute atomic E-state index is 15.4. The van der Waals surface area contributed by atoms with Crippen LogP contribution in [0.5, 0.6) is 11.5 Å². The first-order valence-corrected chi connectivity index (χ1v) is 11.9. The molecule has 0 saturated carbocycles. The van der Waals surface area contributed by atoms with Gasteiger partial charge in [0.25, 0.3) is 0 Å². The van der Waals surface area contributed by atoms with Crippen LogP contribution < -0.4 is 15.0 Å². The van der Waals surface area contributed by atoms with Crippen molar-refractivity contribution in [3.8, 4) is 11.5 Å². The molecule has 6 rings (SSSR count). The third kappa shape index (κ3) is 4.27. The number of nitrogens with one attached hydrogen (secondary N) is 1. The van der Waals surface area contributed by atoms with Gasteiger partial charge in [0.05, 0.1) is 34.8 Å². The number of halogens is 1. The fraction of sp³-hybridized carbons (Fsp3) is 0.269. The number of fused-ring (bicyclic) bond motifs is 2. The first kappa shape index (κ1) is 23.0. The van der Waals surface area contributed by atoms with Crippen LogP contribution >= 0.6 is 0 Å². The molecule has 1 aliphatic heterocycles. The summed E-state index contributed by atoms with van der Waals surface area (Å²) in [4.78, 5) is 23.8. The number of anilines is 3. The second kappa shape index (κ2) is 8.63. The Morgan fingerprint density at radius 3 is 2.78 bits per heavy atom. The lowest BCUT2D eigenvalue weighted by atomic mass is 10.1. The van der Waals surface area contributed by atoms with E-state index in [-0.39, 0.29) is 5.69 Å². The summed E-state index contributed by atoms with van der Waals surface area (Å²) in [6, 6.07) is 8.88. The van der Waals surface area contributed by atoms with Gasteiger partial charge in [-0.1, -0.05) is 0 Å². The Morgan fingerprint density at radius 1 is 1.11 bits per heavy atom. The summed E-state index contributed by atoms with van der Waals surface area (Å²) < 4.78 is 23.4. The number of nitrogens with zero attached hydrogens (tertiary/aromatic N) is 7. The molecule has 4 heterocycles. The standard InChI is InChI=1S/C26H25FN8O2/c1-15-21(37-16-4-6-20-18(10-16)31-14-34(20)3)7-5-17(22(15)27)32-24-23-19(29-13-30-24)11-28-25(33-23)35-9-8-26(2,36)12-35/h4-7,10-11,13-14,36H,8-9,12H2,1-3H3,(H,29,30,32). The molecule has 1 unspecified atom stereocenters. The summed E-state index contributed by atoms with van der Waals surface area (Å²) in [7, 11) is 1.92. The molecule has 2 N–H and O–H groups in total. The molecule has 0 aliphatic carbocycles. The van der Waals surface area contributed by atoms with Gasteiger partial charge in [0.1, 0.15) is 28.9 Å².